The maximum absolute atomic E-state index is 6.09. The summed E-state index contributed by atoms with van der Waals surface area (Å²) in [6.07, 6.45) is 1.12. The second-order valence-corrected chi connectivity index (χ2v) is 6.73. The Morgan fingerprint density at radius 2 is 1.86 bits per heavy atom. The molecule has 0 aliphatic carbocycles. The van der Waals surface area contributed by atoms with Gasteiger partial charge in [0.05, 0.1) is 4.47 Å². The molecule has 0 aliphatic heterocycles. The van der Waals surface area contributed by atoms with E-state index in [-0.39, 0.29) is 0 Å². The Kier molecular flexibility index (Phi) is 6.27. The Hall–Kier alpha value is -0.840. The lowest BCUT2D eigenvalue weighted by atomic mass is 10.2. The largest absolute Gasteiger partial charge is 0.456 e. The fourth-order valence-electron chi connectivity index (χ4n) is 1.98. The lowest BCUT2D eigenvalue weighted by Crippen LogP contribution is -2.14. The molecule has 0 bridgehead atoms. The van der Waals surface area contributed by atoms with Crippen molar-refractivity contribution < 1.29 is 4.74 Å². The molecule has 0 heterocycles. The molecule has 0 amide bonds. The van der Waals surface area contributed by atoms with Crippen molar-refractivity contribution in [1.82, 2.24) is 5.32 Å². The first-order valence-electron chi connectivity index (χ1n) is 7.03. The highest BCUT2D eigenvalue weighted by Crippen LogP contribution is 2.33. The zero-order chi connectivity index (χ0) is 15.2. The molecule has 0 radical (unpaired) electrons. The molecule has 0 aromatic heterocycles. The van der Waals surface area contributed by atoms with Crippen molar-refractivity contribution in [2.45, 2.75) is 26.8 Å². The van der Waals surface area contributed by atoms with Gasteiger partial charge in [0.25, 0.3) is 0 Å². The maximum atomic E-state index is 6.09. The molecule has 0 fully saturated rings. The monoisotopic (exact) mass is 411 g/mol. The van der Waals surface area contributed by atoms with Gasteiger partial charge in [0.1, 0.15) is 11.5 Å². The van der Waals surface area contributed by atoms with Crippen LogP contribution in [-0.4, -0.2) is 6.54 Å². The van der Waals surface area contributed by atoms with E-state index in [9.17, 15) is 0 Å². The van der Waals surface area contributed by atoms with Crippen LogP contribution in [0.3, 0.4) is 0 Å². The highest BCUT2D eigenvalue weighted by Gasteiger charge is 2.08. The summed E-state index contributed by atoms with van der Waals surface area (Å²) in [5.41, 5.74) is 2.35. The molecular formula is C17H19Br2NO. The minimum atomic E-state index is 0.805. The van der Waals surface area contributed by atoms with Crippen LogP contribution in [0.25, 0.3) is 0 Å². The summed E-state index contributed by atoms with van der Waals surface area (Å²) in [5.74, 6) is 1.70. The summed E-state index contributed by atoms with van der Waals surface area (Å²) < 4.78 is 8.07. The number of hydrogen-bond donors (Lipinski definition) is 1. The molecule has 0 spiro atoms. The van der Waals surface area contributed by atoms with E-state index in [0.717, 1.165) is 45.5 Å². The van der Waals surface area contributed by atoms with Crippen LogP contribution in [0.2, 0.25) is 0 Å². The first-order valence-corrected chi connectivity index (χ1v) is 8.62. The lowest BCUT2D eigenvalue weighted by Gasteiger charge is -2.14. The average molecular weight is 413 g/mol. The second-order valence-electron chi connectivity index (χ2n) is 4.96. The van der Waals surface area contributed by atoms with Crippen LogP contribution in [-0.2, 0) is 6.54 Å². The van der Waals surface area contributed by atoms with E-state index in [4.69, 9.17) is 4.74 Å². The summed E-state index contributed by atoms with van der Waals surface area (Å²) in [4.78, 5) is 0. The van der Waals surface area contributed by atoms with Crippen molar-refractivity contribution in [2.24, 2.45) is 0 Å². The van der Waals surface area contributed by atoms with Gasteiger partial charge in [0.15, 0.2) is 0 Å². The topological polar surface area (TPSA) is 21.3 Å². The van der Waals surface area contributed by atoms with Gasteiger partial charge in [-0.3, -0.25) is 0 Å². The Morgan fingerprint density at radius 1 is 1.05 bits per heavy atom. The third-order valence-corrected chi connectivity index (χ3v) is 4.19. The summed E-state index contributed by atoms with van der Waals surface area (Å²) in [6, 6.07) is 12.2. The zero-order valence-corrected chi connectivity index (χ0v) is 15.4. The zero-order valence-electron chi connectivity index (χ0n) is 12.2. The van der Waals surface area contributed by atoms with Crippen molar-refractivity contribution >= 4 is 31.9 Å². The summed E-state index contributed by atoms with van der Waals surface area (Å²) in [7, 11) is 0. The predicted molar refractivity (Wildman–Crippen MR) is 95.1 cm³/mol. The van der Waals surface area contributed by atoms with Crippen LogP contribution in [0.5, 0.6) is 11.5 Å². The molecule has 0 unspecified atom stereocenters. The predicted octanol–water partition coefficient (Wildman–Crippen LogP) is 5.81. The van der Waals surface area contributed by atoms with E-state index >= 15 is 0 Å². The molecule has 2 rings (SSSR count). The van der Waals surface area contributed by atoms with Gasteiger partial charge in [0, 0.05) is 16.6 Å². The van der Waals surface area contributed by atoms with Crippen LogP contribution in [0.4, 0.5) is 0 Å². The summed E-state index contributed by atoms with van der Waals surface area (Å²) >= 11 is 7.07. The number of rotatable bonds is 6. The molecule has 0 saturated heterocycles. The lowest BCUT2D eigenvalue weighted by molar-refractivity contribution is 0.469. The number of aryl methyl sites for hydroxylation is 1. The van der Waals surface area contributed by atoms with Crippen molar-refractivity contribution in [3.63, 3.8) is 0 Å². The van der Waals surface area contributed by atoms with E-state index in [1.54, 1.807) is 0 Å². The smallest absolute Gasteiger partial charge is 0.141 e. The highest BCUT2D eigenvalue weighted by molar-refractivity contribution is 9.10. The fraction of sp³-hybridized carbons (Fsp3) is 0.294. The van der Waals surface area contributed by atoms with E-state index in [1.807, 2.05) is 24.3 Å². The average Bonchev–Trinajstić information content (AvgIpc) is 2.44. The minimum absolute atomic E-state index is 0.805. The molecule has 0 atom stereocenters. The van der Waals surface area contributed by atoms with Gasteiger partial charge in [-0.2, -0.15) is 0 Å². The maximum Gasteiger partial charge on any atom is 0.141 e. The van der Waals surface area contributed by atoms with E-state index < -0.39 is 0 Å². The van der Waals surface area contributed by atoms with Crippen LogP contribution < -0.4 is 10.1 Å². The molecule has 2 aromatic carbocycles. The molecule has 0 aliphatic rings. The molecule has 1 N–H and O–H groups in total. The third-order valence-electron chi connectivity index (χ3n) is 3.08. The van der Waals surface area contributed by atoms with Gasteiger partial charge in [-0.1, -0.05) is 35.0 Å². The first kappa shape index (κ1) is 16.5. The van der Waals surface area contributed by atoms with E-state index in [0.29, 0.717) is 0 Å². The van der Waals surface area contributed by atoms with Crippen molar-refractivity contribution in [3.05, 3.63) is 56.5 Å². The molecule has 21 heavy (non-hydrogen) atoms. The van der Waals surface area contributed by atoms with Crippen LogP contribution >= 0.6 is 31.9 Å². The summed E-state index contributed by atoms with van der Waals surface area (Å²) in [5, 5.41) is 3.41. The Labute approximate surface area is 143 Å². The molecule has 112 valence electrons. The van der Waals surface area contributed by atoms with Crippen LogP contribution in [0.15, 0.2) is 45.3 Å². The molecular weight excluding hydrogens is 394 g/mol. The van der Waals surface area contributed by atoms with Gasteiger partial charge in [-0.25, -0.2) is 0 Å². The number of benzene rings is 2. The normalized spacial score (nSPS) is 10.7. The SMILES string of the molecule is CCCNCc1ccc(Br)cc1Oc1ccc(C)cc1Br. The standard InChI is InChI=1S/C17H19Br2NO/c1-3-8-20-11-13-5-6-14(18)10-17(13)21-16-7-4-12(2)9-15(16)19/h4-7,9-10,20H,3,8,11H2,1-2H3. The first-order chi connectivity index (χ1) is 10.1. The molecule has 4 heteroatoms. The molecule has 2 aromatic rings. The Balaban J connectivity index is 2.22. The van der Waals surface area contributed by atoms with E-state index in [1.165, 1.54) is 5.56 Å². The Morgan fingerprint density at radius 3 is 2.57 bits per heavy atom. The molecule has 0 saturated carbocycles. The van der Waals surface area contributed by atoms with Gasteiger partial charge in [0.2, 0.25) is 0 Å². The number of halogens is 2. The second kappa shape index (κ2) is 7.97. The van der Waals surface area contributed by atoms with Crippen molar-refractivity contribution in [1.29, 1.82) is 0 Å². The fourth-order valence-corrected chi connectivity index (χ4v) is 2.89. The minimum Gasteiger partial charge on any atom is -0.456 e. The highest BCUT2D eigenvalue weighted by atomic mass is 79.9. The summed E-state index contributed by atoms with van der Waals surface area (Å²) in [6.45, 7) is 6.03. The van der Waals surface area contributed by atoms with Gasteiger partial charge in [-0.05, 0) is 65.6 Å². The van der Waals surface area contributed by atoms with E-state index in [2.05, 4.69) is 63.2 Å². The van der Waals surface area contributed by atoms with Gasteiger partial charge >= 0.3 is 0 Å². The van der Waals surface area contributed by atoms with Gasteiger partial charge < -0.3 is 10.1 Å². The molecule has 2 nitrogen and oxygen atoms in total. The van der Waals surface area contributed by atoms with Gasteiger partial charge in [-0.15, -0.1) is 0 Å². The quantitative estimate of drug-likeness (QED) is 0.604. The third kappa shape index (κ3) is 4.83. The van der Waals surface area contributed by atoms with Crippen molar-refractivity contribution in [3.8, 4) is 11.5 Å². The number of nitrogens with one attached hydrogen (secondary N) is 1. The number of ether oxygens (including phenoxy) is 1. The number of hydrogen-bond acceptors (Lipinski definition) is 2. The van der Waals surface area contributed by atoms with Crippen LogP contribution in [0.1, 0.15) is 24.5 Å². The Bertz CT molecular complexity index is 614. The van der Waals surface area contributed by atoms with Crippen molar-refractivity contribution in [2.75, 3.05) is 6.54 Å². The van der Waals surface area contributed by atoms with Crippen LogP contribution in [0, 0.1) is 6.92 Å².